The molecule has 0 radical (unpaired) electrons. The zero-order valence-electron chi connectivity index (χ0n) is 13.4. The number of carbonyl (C=O) groups is 1. The van der Waals surface area contributed by atoms with Crippen molar-refractivity contribution in [3.05, 3.63) is 59.7 Å². The fourth-order valence-corrected chi connectivity index (χ4v) is 2.29. The molecule has 1 amide bonds. The Hall–Kier alpha value is -2.80. The van der Waals surface area contributed by atoms with E-state index in [2.05, 4.69) is 18.3 Å². The van der Waals surface area contributed by atoms with Crippen molar-refractivity contribution in [3.63, 3.8) is 0 Å². The SMILES string of the molecule is CCc1ccc(NC(=O)C(C#N)Cc2cccc(OC)c2)cc1. The highest BCUT2D eigenvalue weighted by atomic mass is 16.5. The Morgan fingerprint density at radius 1 is 1.22 bits per heavy atom. The molecule has 0 fully saturated rings. The van der Waals surface area contributed by atoms with Crippen LogP contribution < -0.4 is 10.1 Å². The molecule has 118 valence electrons. The van der Waals surface area contributed by atoms with Crippen LogP contribution in [0.5, 0.6) is 5.75 Å². The van der Waals surface area contributed by atoms with E-state index in [1.54, 1.807) is 7.11 Å². The zero-order valence-corrected chi connectivity index (χ0v) is 13.4. The Morgan fingerprint density at radius 3 is 2.57 bits per heavy atom. The topological polar surface area (TPSA) is 62.1 Å². The normalized spacial score (nSPS) is 11.3. The van der Waals surface area contributed by atoms with Crippen molar-refractivity contribution in [3.8, 4) is 11.8 Å². The molecule has 2 aromatic rings. The Labute approximate surface area is 136 Å². The standard InChI is InChI=1S/C19H20N2O2/c1-3-14-7-9-17(10-8-14)21-19(22)16(13-20)11-15-5-4-6-18(12-15)23-2/h4-10,12,16H,3,11H2,1-2H3,(H,21,22). The van der Waals surface area contributed by atoms with Gasteiger partial charge >= 0.3 is 0 Å². The summed E-state index contributed by atoms with van der Waals surface area (Å²) in [5.74, 6) is -0.317. The molecule has 1 unspecified atom stereocenters. The lowest BCUT2D eigenvalue weighted by molar-refractivity contribution is -0.118. The zero-order chi connectivity index (χ0) is 16.7. The summed E-state index contributed by atoms with van der Waals surface area (Å²) in [6.07, 6.45) is 1.30. The van der Waals surface area contributed by atoms with Crippen molar-refractivity contribution in [1.29, 1.82) is 5.26 Å². The van der Waals surface area contributed by atoms with Gasteiger partial charge in [-0.05, 0) is 48.2 Å². The summed E-state index contributed by atoms with van der Waals surface area (Å²) in [7, 11) is 1.59. The van der Waals surface area contributed by atoms with Crippen molar-refractivity contribution in [2.75, 3.05) is 12.4 Å². The van der Waals surface area contributed by atoms with Gasteiger partial charge in [0.15, 0.2) is 0 Å². The number of amides is 1. The molecule has 4 heteroatoms. The summed E-state index contributed by atoms with van der Waals surface area (Å²) < 4.78 is 5.16. The van der Waals surface area contributed by atoms with Gasteiger partial charge in [0.05, 0.1) is 13.2 Å². The number of hydrogen-bond donors (Lipinski definition) is 1. The molecular formula is C19H20N2O2. The first kappa shape index (κ1) is 16.6. The molecule has 1 N–H and O–H groups in total. The maximum Gasteiger partial charge on any atom is 0.242 e. The second-order valence-corrected chi connectivity index (χ2v) is 5.28. The van der Waals surface area contributed by atoms with Gasteiger partial charge in [0, 0.05) is 5.69 Å². The largest absolute Gasteiger partial charge is 0.497 e. The van der Waals surface area contributed by atoms with E-state index in [9.17, 15) is 10.1 Å². The number of nitrogens with zero attached hydrogens (tertiary/aromatic N) is 1. The predicted molar refractivity (Wildman–Crippen MR) is 90.3 cm³/mol. The van der Waals surface area contributed by atoms with E-state index >= 15 is 0 Å². The first-order valence-corrected chi connectivity index (χ1v) is 7.58. The van der Waals surface area contributed by atoms with Crippen molar-refractivity contribution < 1.29 is 9.53 Å². The first-order valence-electron chi connectivity index (χ1n) is 7.58. The van der Waals surface area contributed by atoms with Crippen LogP contribution in [0.3, 0.4) is 0 Å². The molecule has 1 atom stereocenters. The van der Waals surface area contributed by atoms with E-state index in [0.717, 1.165) is 17.7 Å². The molecule has 2 aromatic carbocycles. The van der Waals surface area contributed by atoms with Gasteiger partial charge in [-0.1, -0.05) is 31.2 Å². The van der Waals surface area contributed by atoms with E-state index < -0.39 is 5.92 Å². The third kappa shape index (κ3) is 4.58. The number of carbonyl (C=O) groups excluding carboxylic acids is 1. The van der Waals surface area contributed by atoms with Crippen LogP contribution in [0, 0.1) is 17.2 Å². The molecule has 0 aromatic heterocycles. The smallest absolute Gasteiger partial charge is 0.242 e. The highest BCUT2D eigenvalue weighted by Crippen LogP contribution is 2.17. The lowest BCUT2D eigenvalue weighted by Gasteiger charge is -2.11. The molecule has 0 saturated heterocycles. The van der Waals surface area contributed by atoms with E-state index in [0.29, 0.717) is 12.1 Å². The summed E-state index contributed by atoms with van der Waals surface area (Å²) in [5, 5.41) is 12.1. The molecule has 0 bridgehead atoms. The summed E-state index contributed by atoms with van der Waals surface area (Å²) in [6.45, 7) is 2.08. The van der Waals surface area contributed by atoms with E-state index in [4.69, 9.17) is 4.74 Å². The van der Waals surface area contributed by atoms with Crippen LogP contribution in [0.15, 0.2) is 48.5 Å². The van der Waals surface area contributed by atoms with Crippen molar-refractivity contribution in [2.45, 2.75) is 19.8 Å². The molecule has 2 rings (SSSR count). The number of aryl methyl sites for hydroxylation is 1. The number of methoxy groups -OCH3 is 1. The van der Waals surface area contributed by atoms with Crippen LogP contribution in [0.2, 0.25) is 0 Å². The van der Waals surface area contributed by atoms with Crippen molar-refractivity contribution in [2.24, 2.45) is 5.92 Å². The molecule has 0 heterocycles. The Morgan fingerprint density at radius 2 is 1.96 bits per heavy atom. The van der Waals surface area contributed by atoms with Crippen LogP contribution in [0.4, 0.5) is 5.69 Å². The molecule has 0 spiro atoms. The van der Waals surface area contributed by atoms with Gasteiger partial charge in [0.2, 0.25) is 5.91 Å². The molecule has 4 nitrogen and oxygen atoms in total. The maximum atomic E-state index is 12.3. The lowest BCUT2D eigenvalue weighted by Crippen LogP contribution is -2.23. The molecular weight excluding hydrogens is 288 g/mol. The Kier molecular flexibility index (Phi) is 5.76. The molecule has 23 heavy (non-hydrogen) atoms. The highest BCUT2D eigenvalue weighted by Gasteiger charge is 2.18. The van der Waals surface area contributed by atoms with Crippen LogP contribution in [0.25, 0.3) is 0 Å². The molecule has 0 aliphatic carbocycles. The van der Waals surface area contributed by atoms with Crippen molar-refractivity contribution >= 4 is 11.6 Å². The minimum atomic E-state index is -0.743. The number of benzene rings is 2. The number of anilines is 1. The quantitative estimate of drug-likeness (QED) is 0.887. The number of nitrogens with one attached hydrogen (secondary N) is 1. The van der Waals surface area contributed by atoms with Gasteiger partial charge in [-0.25, -0.2) is 0 Å². The van der Waals surface area contributed by atoms with Crippen LogP contribution in [0.1, 0.15) is 18.1 Å². The average Bonchev–Trinajstić information content (AvgIpc) is 2.60. The third-order valence-corrected chi connectivity index (χ3v) is 3.68. The van der Waals surface area contributed by atoms with Gasteiger partial charge in [-0.2, -0.15) is 5.26 Å². The molecule has 0 aliphatic heterocycles. The number of nitriles is 1. The Balaban J connectivity index is 2.04. The highest BCUT2D eigenvalue weighted by molar-refractivity contribution is 5.94. The average molecular weight is 308 g/mol. The van der Waals surface area contributed by atoms with Gasteiger partial charge in [-0.3, -0.25) is 4.79 Å². The van der Waals surface area contributed by atoms with Gasteiger partial charge in [0.1, 0.15) is 11.7 Å². The van der Waals surface area contributed by atoms with E-state index in [-0.39, 0.29) is 5.91 Å². The van der Waals surface area contributed by atoms with Gasteiger partial charge < -0.3 is 10.1 Å². The number of hydrogen-bond acceptors (Lipinski definition) is 3. The Bertz CT molecular complexity index is 702. The summed E-state index contributed by atoms with van der Waals surface area (Å²) in [6, 6.07) is 17.1. The minimum Gasteiger partial charge on any atom is -0.497 e. The van der Waals surface area contributed by atoms with Crippen LogP contribution in [-0.2, 0) is 17.6 Å². The third-order valence-electron chi connectivity index (χ3n) is 3.68. The first-order chi connectivity index (χ1) is 11.2. The minimum absolute atomic E-state index is 0.292. The molecule has 0 saturated carbocycles. The fourth-order valence-electron chi connectivity index (χ4n) is 2.29. The van der Waals surface area contributed by atoms with Gasteiger partial charge in [-0.15, -0.1) is 0 Å². The van der Waals surface area contributed by atoms with E-state index in [1.165, 1.54) is 5.56 Å². The van der Waals surface area contributed by atoms with Crippen molar-refractivity contribution in [1.82, 2.24) is 0 Å². The second-order valence-electron chi connectivity index (χ2n) is 5.28. The van der Waals surface area contributed by atoms with Crippen LogP contribution >= 0.6 is 0 Å². The number of ether oxygens (including phenoxy) is 1. The maximum absolute atomic E-state index is 12.3. The summed E-state index contributed by atoms with van der Waals surface area (Å²) in [5.41, 5.74) is 2.81. The predicted octanol–water partition coefficient (Wildman–Crippen LogP) is 3.58. The second kappa shape index (κ2) is 8.00. The van der Waals surface area contributed by atoms with Crippen LogP contribution in [-0.4, -0.2) is 13.0 Å². The van der Waals surface area contributed by atoms with Gasteiger partial charge in [0.25, 0.3) is 0 Å². The van der Waals surface area contributed by atoms with E-state index in [1.807, 2.05) is 48.5 Å². The fraction of sp³-hybridized carbons (Fsp3) is 0.263. The number of rotatable bonds is 6. The molecule has 0 aliphatic rings. The summed E-state index contributed by atoms with van der Waals surface area (Å²) in [4.78, 5) is 12.3. The monoisotopic (exact) mass is 308 g/mol. The lowest BCUT2D eigenvalue weighted by atomic mass is 9.99. The summed E-state index contributed by atoms with van der Waals surface area (Å²) >= 11 is 0.